The van der Waals surface area contributed by atoms with Crippen molar-refractivity contribution in [3.63, 3.8) is 0 Å². The minimum Gasteiger partial charge on any atom is -0.378 e. The molecule has 0 spiro atoms. The van der Waals surface area contributed by atoms with Gasteiger partial charge in [0.15, 0.2) is 11.6 Å². The summed E-state index contributed by atoms with van der Waals surface area (Å²) in [4.78, 5) is 32.3. The van der Waals surface area contributed by atoms with Gasteiger partial charge in [-0.25, -0.2) is 9.37 Å². The topological polar surface area (TPSA) is 86.7 Å². The zero-order valence-corrected chi connectivity index (χ0v) is 21.4. The first-order valence-corrected chi connectivity index (χ1v) is 13.0. The number of hydrogen-bond donors (Lipinski definition) is 1. The Hall–Kier alpha value is -2.85. The van der Waals surface area contributed by atoms with Crippen molar-refractivity contribution in [1.82, 2.24) is 24.8 Å². The normalized spacial score (nSPS) is 19.4. The molecule has 0 radical (unpaired) electrons. The zero-order valence-electron chi connectivity index (χ0n) is 21.4. The third kappa shape index (κ3) is 7.57. The van der Waals surface area contributed by atoms with E-state index in [1.165, 1.54) is 6.20 Å². The highest BCUT2D eigenvalue weighted by atomic mass is 19.1. The summed E-state index contributed by atoms with van der Waals surface area (Å²) in [5, 5.41) is 3.17. The predicted octanol–water partition coefficient (Wildman–Crippen LogP) is 2.31. The molecule has 2 aliphatic heterocycles. The second kappa shape index (κ2) is 12.9. The Morgan fingerprint density at radius 3 is 2.75 bits per heavy atom. The highest BCUT2D eigenvalue weighted by Crippen LogP contribution is 2.18. The van der Waals surface area contributed by atoms with Crippen molar-refractivity contribution in [2.24, 2.45) is 11.8 Å². The molecule has 1 atom stereocenters. The number of nitrogens with one attached hydrogen (secondary N) is 1. The van der Waals surface area contributed by atoms with E-state index in [0.29, 0.717) is 57.7 Å². The number of ether oxygens (including phenoxy) is 1. The van der Waals surface area contributed by atoms with E-state index >= 15 is 0 Å². The maximum atomic E-state index is 14.4. The van der Waals surface area contributed by atoms with Crippen LogP contribution >= 0.6 is 0 Å². The molecule has 2 aliphatic rings. The van der Waals surface area contributed by atoms with Crippen molar-refractivity contribution >= 4 is 17.7 Å². The molecule has 1 N–H and O–H groups in total. The lowest BCUT2D eigenvalue weighted by Crippen LogP contribution is -2.37. The number of carbonyl (C=O) groups excluding carboxylic acids is 1. The first kappa shape index (κ1) is 26.2. The summed E-state index contributed by atoms with van der Waals surface area (Å²) < 4.78 is 19.8. The highest BCUT2D eigenvalue weighted by molar-refractivity contribution is 5.76. The second-order valence-corrected chi connectivity index (χ2v) is 10.0. The van der Waals surface area contributed by atoms with Crippen LogP contribution in [0, 0.1) is 17.7 Å². The summed E-state index contributed by atoms with van der Waals surface area (Å²) in [6.07, 6.45) is 4.43. The number of halogens is 1. The van der Waals surface area contributed by atoms with Gasteiger partial charge in [0.25, 0.3) is 0 Å². The van der Waals surface area contributed by atoms with Gasteiger partial charge >= 0.3 is 0 Å². The predicted molar refractivity (Wildman–Crippen MR) is 137 cm³/mol. The molecular weight excluding hydrogens is 461 g/mol. The number of carbonyl (C=O) groups is 1. The lowest BCUT2D eigenvalue weighted by atomic mass is 10.0. The van der Waals surface area contributed by atoms with Crippen LogP contribution in [0.2, 0.25) is 0 Å². The Kier molecular flexibility index (Phi) is 9.41. The molecular formula is C26H38FN7O2. The molecule has 2 aromatic heterocycles. The SMILES string of the molecule is CC(C)CC(=O)N1CCN(CCNc2nc(N3CCOCC3)ncc2F)CC(Cc2ccccn2)C1. The van der Waals surface area contributed by atoms with Crippen LogP contribution in [-0.4, -0.2) is 96.2 Å². The molecule has 9 nitrogen and oxygen atoms in total. The van der Waals surface area contributed by atoms with E-state index in [-0.39, 0.29) is 17.6 Å². The van der Waals surface area contributed by atoms with E-state index in [0.717, 1.165) is 38.3 Å². The van der Waals surface area contributed by atoms with Gasteiger partial charge in [0.1, 0.15) is 0 Å². The summed E-state index contributed by atoms with van der Waals surface area (Å²) in [6, 6.07) is 5.97. The first-order chi connectivity index (χ1) is 17.5. The maximum absolute atomic E-state index is 14.4. The highest BCUT2D eigenvalue weighted by Gasteiger charge is 2.26. The van der Waals surface area contributed by atoms with Crippen molar-refractivity contribution in [3.05, 3.63) is 42.1 Å². The monoisotopic (exact) mass is 499 g/mol. The van der Waals surface area contributed by atoms with Crippen molar-refractivity contribution in [1.29, 1.82) is 0 Å². The van der Waals surface area contributed by atoms with Crippen molar-refractivity contribution in [2.75, 3.05) is 75.8 Å². The average Bonchev–Trinajstić information content (AvgIpc) is 3.08. The van der Waals surface area contributed by atoms with Crippen LogP contribution in [0.4, 0.5) is 16.2 Å². The molecule has 0 saturated carbocycles. The van der Waals surface area contributed by atoms with E-state index in [4.69, 9.17) is 4.74 Å². The van der Waals surface area contributed by atoms with E-state index < -0.39 is 5.82 Å². The quantitative estimate of drug-likeness (QED) is 0.563. The molecule has 2 aromatic rings. The molecule has 36 heavy (non-hydrogen) atoms. The number of pyridine rings is 1. The number of rotatable bonds is 9. The van der Waals surface area contributed by atoms with Crippen LogP contribution in [0.3, 0.4) is 0 Å². The molecule has 1 unspecified atom stereocenters. The van der Waals surface area contributed by atoms with Crippen LogP contribution in [0.25, 0.3) is 0 Å². The van der Waals surface area contributed by atoms with Crippen LogP contribution in [0.15, 0.2) is 30.6 Å². The molecule has 4 heterocycles. The molecule has 0 aromatic carbocycles. The Balaban J connectivity index is 1.37. The number of morpholine rings is 1. The van der Waals surface area contributed by atoms with Gasteiger partial charge in [0.05, 0.1) is 19.4 Å². The van der Waals surface area contributed by atoms with Gasteiger partial charge in [-0.3, -0.25) is 14.7 Å². The largest absolute Gasteiger partial charge is 0.378 e. The molecule has 10 heteroatoms. The first-order valence-electron chi connectivity index (χ1n) is 13.0. The molecule has 1 amide bonds. The molecule has 196 valence electrons. The van der Waals surface area contributed by atoms with Gasteiger partial charge < -0.3 is 19.9 Å². The minimum atomic E-state index is -0.457. The fraction of sp³-hybridized carbons (Fsp3) is 0.615. The summed E-state index contributed by atoms with van der Waals surface area (Å²) in [7, 11) is 0. The van der Waals surface area contributed by atoms with E-state index in [1.807, 2.05) is 34.2 Å². The van der Waals surface area contributed by atoms with Crippen LogP contribution < -0.4 is 10.2 Å². The standard InChI is InChI=1S/C26H38FN7O2/c1-20(2)15-24(35)34-10-9-32(18-21(19-34)16-22-5-3-4-6-28-22)8-7-29-25-23(27)17-30-26(31-25)33-11-13-36-14-12-33/h3-6,17,20-21H,7-16,18-19H2,1-2H3,(H,29,30,31). The molecule has 0 aliphatic carbocycles. The summed E-state index contributed by atoms with van der Waals surface area (Å²) in [6.45, 7) is 11.1. The van der Waals surface area contributed by atoms with Crippen molar-refractivity contribution in [3.8, 4) is 0 Å². The summed E-state index contributed by atoms with van der Waals surface area (Å²) >= 11 is 0. The fourth-order valence-electron chi connectivity index (χ4n) is 4.76. The molecule has 4 rings (SSSR count). The van der Waals surface area contributed by atoms with Crippen LogP contribution in [0.5, 0.6) is 0 Å². The van der Waals surface area contributed by atoms with Gasteiger partial charge in [0, 0.05) is 70.7 Å². The van der Waals surface area contributed by atoms with E-state index in [2.05, 4.69) is 39.0 Å². The van der Waals surface area contributed by atoms with Crippen LogP contribution in [-0.2, 0) is 16.0 Å². The third-order valence-corrected chi connectivity index (χ3v) is 6.59. The molecule has 2 saturated heterocycles. The number of aromatic nitrogens is 3. The smallest absolute Gasteiger partial charge is 0.227 e. The fourth-order valence-corrected chi connectivity index (χ4v) is 4.76. The van der Waals surface area contributed by atoms with Gasteiger partial charge in [-0.2, -0.15) is 4.98 Å². The Morgan fingerprint density at radius 2 is 2.00 bits per heavy atom. The summed E-state index contributed by atoms with van der Waals surface area (Å²) in [5.74, 6) is 1.12. The van der Waals surface area contributed by atoms with E-state index in [9.17, 15) is 9.18 Å². The number of amides is 1. The number of nitrogens with zero attached hydrogens (tertiary/aromatic N) is 6. The van der Waals surface area contributed by atoms with Gasteiger partial charge in [0.2, 0.25) is 11.9 Å². The lowest BCUT2D eigenvalue weighted by Gasteiger charge is -2.27. The number of hydrogen-bond acceptors (Lipinski definition) is 8. The van der Waals surface area contributed by atoms with Gasteiger partial charge in [-0.1, -0.05) is 19.9 Å². The maximum Gasteiger partial charge on any atom is 0.227 e. The molecule has 2 fully saturated rings. The molecule has 0 bridgehead atoms. The summed E-state index contributed by atoms with van der Waals surface area (Å²) in [5.41, 5.74) is 1.04. The Morgan fingerprint density at radius 1 is 1.17 bits per heavy atom. The lowest BCUT2D eigenvalue weighted by molar-refractivity contribution is -0.132. The van der Waals surface area contributed by atoms with Crippen molar-refractivity contribution < 1.29 is 13.9 Å². The zero-order chi connectivity index (χ0) is 25.3. The average molecular weight is 500 g/mol. The van der Waals surface area contributed by atoms with Crippen molar-refractivity contribution in [2.45, 2.75) is 26.7 Å². The van der Waals surface area contributed by atoms with Crippen LogP contribution in [0.1, 0.15) is 26.0 Å². The van der Waals surface area contributed by atoms with Gasteiger partial charge in [-0.05, 0) is 30.4 Å². The minimum absolute atomic E-state index is 0.217. The second-order valence-electron chi connectivity index (χ2n) is 10.0. The third-order valence-electron chi connectivity index (χ3n) is 6.59. The van der Waals surface area contributed by atoms with E-state index in [1.54, 1.807) is 0 Å². The Labute approximate surface area is 213 Å². The Bertz CT molecular complexity index is 972. The van der Waals surface area contributed by atoms with Gasteiger partial charge in [-0.15, -0.1) is 0 Å². The number of anilines is 2.